The average molecular weight is 241 g/mol. The molecular weight excluding hydrogens is 226 g/mol. The Kier molecular flexibility index (Phi) is 3.33. The van der Waals surface area contributed by atoms with Crippen molar-refractivity contribution in [1.29, 1.82) is 0 Å². The number of aromatic amines is 1. The summed E-state index contributed by atoms with van der Waals surface area (Å²) in [7, 11) is 0. The molecular formula is C9H15N5OS. The molecule has 88 valence electrons. The van der Waals surface area contributed by atoms with E-state index in [0.29, 0.717) is 5.25 Å². The first-order chi connectivity index (χ1) is 7.70. The van der Waals surface area contributed by atoms with Gasteiger partial charge >= 0.3 is 0 Å². The zero-order chi connectivity index (χ0) is 11.5. The number of hydrogen-bond donors (Lipinski definition) is 3. The highest BCUT2D eigenvalue weighted by molar-refractivity contribution is 7.99. The third-order valence-electron chi connectivity index (χ3n) is 2.79. The number of nitrogens with one attached hydrogen (secondary N) is 2. The van der Waals surface area contributed by atoms with Crippen LogP contribution in [0.25, 0.3) is 0 Å². The molecule has 0 saturated heterocycles. The number of nitrogens with zero attached hydrogens (tertiary/aromatic N) is 2. The van der Waals surface area contributed by atoms with E-state index in [1.807, 2.05) is 0 Å². The van der Waals surface area contributed by atoms with Crippen molar-refractivity contribution in [2.24, 2.45) is 0 Å². The van der Waals surface area contributed by atoms with Crippen molar-refractivity contribution in [2.75, 3.05) is 12.0 Å². The summed E-state index contributed by atoms with van der Waals surface area (Å²) in [5.41, 5.74) is 5.34. The Hall–Kier alpha value is -1.24. The maximum absolute atomic E-state index is 11.8. The smallest absolute Gasteiger partial charge is 0.288 e. The molecule has 1 aliphatic carbocycles. The van der Waals surface area contributed by atoms with E-state index in [-0.39, 0.29) is 23.7 Å². The molecule has 0 bridgehead atoms. The van der Waals surface area contributed by atoms with Crippen LogP contribution in [0.1, 0.15) is 29.9 Å². The first kappa shape index (κ1) is 11.3. The minimum absolute atomic E-state index is 0.0954. The van der Waals surface area contributed by atoms with Crippen molar-refractivity contribution in [3.63, 3.8) is 0 Å². The molecule has 1 fully saturated rings. The van der Waals surface area contributed by atoms with Gasteiger partial charge in [-0.1, -0.05) is 6.42 Å². The fourth-order valence-corrected chi connectivity index (χ4v) is 2.92. The highest BCUT2D eigenvalue weighted by atomic mass is 32.2. The molecule has 1 saturated carbocycles. The molecule has 1 amide bonds. The second-order valence-corrected chi connectivity index (χ2v) is 4.90. The summed E-state index contributed by atoms with van der Waals surface area (Å²) in [5.74, 6) is 0.0531. The second kappa shape index (κ2) is 4.73. The molecule has 16 heavy (non-hydrogen) atoms. The molecule has 1 aromatic heterocycles. The van der Waals surface area contributed by atoms with Crippen LogP contribution >= 0.6 is 11.8 Å². The van der Waals surface area contributed by atoms with E-state index in [4.69, 9.17) is 5.73 Å². The fraction of sp³-hybridized carbons (Fsp3) is 0.667. The number of amides is 1. The lowest BCUT2D eigenvalue weighted by Crippen LogP contribution is -2.39. The van der Waals surface area contributed by atoms with Gasteiger partial charge in [-0.15, -0.1) is 5.10 Å². The Balaban J connectivity index is 1.97. The van der Waals surface area contributed by atoms with Crippen LogP contribution < -0.4 is 11.1 Å². The normalized spacial score (nSPS) is 24.6. The molecule has 0 spiro atoms. The molecule has 6 nitrogen and oxygen atoms in total. The Morgan fingerprint density at radius 3 is 3.06 bits per heavy atom. The van der Waals surface area contributed by atoms with Gasteiger partial charge in [0.2, 0.25) is 11.8 Å². The third-order valence-corrected chi connectivity index (χ3v) is 3.96. The quantitative estimate of drug-likeness (QED) is 0.711. The van der Waals surface area contributed by atoms with E-state index >= 15 is 0 Å². The number of H-pyrrole nitrogens is 1. The molecule has 0 radical (unpaired) electrons. The monoisotopic (exact) mass is 241 g/mol. The van der Waals surface area contributed by atoms with Gasteiger partial charge in [0.15, 0.2) is 0 Å². The van der Waals surface area contributed by atoms with E-state index in [0.717, 1.165) is 19.3 Å². The van der Waals surface area contributed by atoms with E-state index in [1.165, 1.54) is 0 Å². The average Bonchev–Trinajstić information content (AvgIpc) is 2.86. The summed E-state index contributed by atoms with van der Waals surface area (Å²) in [6, 6.07) is 0.230. The standard InChI is InChI=1S/C9H15N5OS/c1-16-6-4-2-3-5(6)11-8(15)7-12-9(10)14-13-7/h5-6H,2-4H2,1H3,(H,11,15)(H3,10,12,13,14). The Morgan fingerprint density at radius 1 is 1.62 bits per heavy atom. The maximum Gasteiger partial charge on any atom is 0.288 e. The lowest BCUT2D eigenvalue weighted by Gasteiger charge is -2.18. The van der Waals surface area contributed by atoms with Crippen LogP contribution in [0.4, 0.5) is 5.95 Å². The van der Waals surface area contributed by atoms with Crippen LogP contribution in [-0.2, 0) is 0 Å². The van der Waals surface area contributed by atoms with E-state index < -0.39 is 0 Å². The van der Waals surface area contributed by atoms with E-state index in [2.05, 4.69) is 26.8 Å². The third kappa shape index (κ3) is 2.29. The summed E-state index contributed by atoms with van der Waals surface area (Å²) in [4.78, 5) is 15.6. The zero-order valence-corrected chi connectivity index (χ0v) is 9.88. The molecule has 1 heterocycles. The molecule has 2 unspecified atom stereocenters. The number of rotatable bonds is 3. The molecule has 1 aliphatic rings. The molecule has 0 aromatic carbocycles. The predicted octanol–water partition coefficient (Wildman–Crippen LogP) is 0.401. The predicted molar refractivity (Wildman–Crippen MR) is 63.2 cm³/mol. The van der Waals surface area contributed by atoms with Crippen LogP contribution in [0.5, 0.6) is 0 Å². The first-order valence-electron chi connectivity index (χ1n) is 5.22. The van der Waals surface area contributed by atoms with Gasteiger partial charge in [0.05, 0.1) is 0 Å². The van der Waals surface area contributed by atoms with Gasteiger partial charge in [-0.2, -0.15) is 16.7 Å². The molecule has 2 atom stereocenters. The number of nitrogens with two attached hydrogens (primary N) is 1. The van der Waals surface area contributed by atoms with Crippen molar-refractivity contribution in [2.45, 2.75) is 30.6 Å². The number of carbonyl (C=O) groups is 1. The van der Waals surface area contributed by atoms with Gasteiger partial charge in [0, 0.05) is 11.3 Å². The van der Waals surface area contributed by atoms with E-state index in [1.54, 1.807) is 11.8 Å². The number of anilines is 1. The molecule has 1 aromatic rings. The Labute approximate surface area is 97.8 Å². The van der Waals surface area contributed by atoms with Crippen LogP contribution in [0.2, 0.25) is 0 Å². The SMILES string of the molecule is CSC1CCCC1NC(=O)c1nc(N)n[nH]1. The minimum atomic E-state index is -0.227. The van der Waals surface area contributed by atoms with Crippen LogP contribution in [-0.4, -0.2) is 38.6 Å². The van der Waals surface area contributed by atoms with Gasteiger partial charge in [-0.25, -0.2) is 0 Å². The summed E-state index contributed by atoms with van der Waals surface area (Å²) in [6.07, 6.45) is 5.42. The highest BCUT2D eigenvalue weighted by Crippen LogP contribution is 2.28. The number of nitrogen functional groups attached to an aromatic ring is 1. The van der Waals surface area contributed by atoms with Crippen molar-refractivity contribution >= 4 is 23.6 Å². The Morgan fingerprint density at radius 2 is 2.44 bits per heavy atom. The van der Waals surface area contributed by atoms with Gasteiger partial charge in [-0.3, -0.25) is 9.89 Å². The van der Waals surface area contributed by atoms with Gasteiger partial charge < -0.3 is 11.1 Å². The summed E-state index contributed by atoms with van der Waals surface area (Å²) < 4.78 is 0. The van der Waals surface area contributed by atoms with Gasteiger partial charge in [0.1, 0.15) is 0 Å². The summed E-state index contributed by atoms with van der Waals surface area (Å²) in [5, 5.41) is 9.60. The molecule has 2 rings (SSSR count). The molecule has 7 heteroatoms. The van der Waals surface area contributed by atoms with Gasteiger partial charge in [0.25, 0.3) is 5.91 Å². The number of aromatic nitrogens is 3. The minimum Gasteiger partial charge on any atom is -0.366 e. The van der Waals surface area contributed by atoms with Crippen molar-refractivity contribution in [3.05, 3.63) is 5.82 Å². The molecule has 0 aliphatic heterocycles. The number of carbonyl (C=O) groups excluding carboxylic acids is 1. The van der Waals surface area contributed by atoms with Crippen molar-refractivity contribution in [1.82, 2.24) is 20.5 Å². The number of hydrogen-bond acceptors (Lipinski definition) is 5. The topological polar surface area (TPSA) is 96.7 Å². The van der Waals surface area contributed by atoms with Crippen LogP contribution in [0.15, 0.2) is 0 Å². The lowest BCUT2D eigenvalue weighted by atomic mass is 10.2. The largest absolute Gasteiger partial charge is 0.366 e. The highest BCUT2D eigenvalue weighted by Gasteiger charge is 2.28. The maximum atomic E-state index is 11.8. The van der Waals surface area contributed by atoms with E-state index in [9.17, 15) is 4.79 Å². The van der Waals surface area contributed by atoms with Gasteiger partial charge in [-0.05, 0) is 19.1 Å². The van der Waals surface area contributed by atoms with Crippen LogP contribution in [0, 0.1) is 0 Å². The lowest BCUT2D eigenvalue weighted by molar-refractivity contribution is 0.0928. The summed E-state index contributed by atoms with van der Waals surface area (Å²) in [6.45, 7) is 0. The fourth-order valence-electron chi connectivity index (χ4n) is 1.99. The van der Waals surface area contributed by atoms with Crippen molar-refractivity contribution in [3.8, 4) is 0 Å². The molecule has 4 N–H and O–H groups in total. The first-order valence-corrected chi connectivity index (χ1v) is 6.51. The van der Waals surface area contributed by atoms with Crippen molar-refractivity contribution < 1.29 is 4.79 Å². The number of thioether (sulfide) groups is 1. The Bertz CT molecular complexity index is 380. The zero-order valence-electron chi connectivity index (χ0n) is 9.06. The summed E-state index contributed by atoms with van der Waals surface area (Å²) >= 11 is 1.80. The van der Waals surface area contributed by atoms with Crippen LogP contribution in [0.3, 0.4) is 0 Å². The second-order valence-electron chi connectivity index (χ2n) is 3.83.